The van der Waals surface area contributed by atoms with E-state index in [0.29, 0.717) is 0 Å². The summed E-state index contributed by atoms with van der Waals surface area (Å²) in [5.74, 6) is 0. The summed E-state index contributed by atoms with van der Waals surface area (Å²) >= 11 is 0. The van der Waals surface area contributed by atoms with Gasteiger partial charge in [0.25, 0.3) is 0 Å². The molecule has 1 amide bonds. The number of carboxylic acid groups (broad SMARTS) is 1. The molecule has 4 nitrogen and oxygen atoms in total. The molecule has 0 aromatic carbocycles. The van der Waals surface area contributed by atoms with E-state index in [1.54, 1.807) is 0 Å². The molecule has 0 rings (SSSR count). The highest BCUT2D eigenvalue weighted by atomic mass is 16.4. The maximum absolute atomic E-state index is 11.0. The fraction of sp³-hybridized carbons (Fsp3) is 0.889. The Bertz CT molecular complexity index is 185. The summed E-state index contributed by atoms with van der Waals surface area (Å²) in [6, 6.07) is -0.326. The topological polar surface area (TPSA) is 66.6 Å². The number of nitrogens with zero attached hydrogens (tertiary/aromatic N) is 1. The normalized spacial score (nSPS) is 16.5. The van der Waals surface area contributed by atoms with Gasteiger partial charge in [0.1, 0.15) is 0 Å². The third-order valence-corrected chi connectivity index (χ3v) is 2.10. The molecular formula is C9H20N2O2. The minimum atomic E-state index is -0.919. The Hall–Kier alpha value is -0.770. The van der Waals surface area contributed by atoms with Crippen molar-refractivity contribution < 1.29 is 9.90 Å². The fourth-order valence-electron chi connectivity index (χ4n) is 1.31. The zero-order chi connectivity index (χ0) is 10.8. The summed E-state index contributed by atoms with van der Waals surface area (Å²) in [5, 5.41) is 9.00. The van der Waals surface area contributed by atoms with Gasteiger partial charge in [0, 0.05) is 17.6 Å². The lowest BCUT2D eigenvalue weighted by molar-refractivity contribution is 0.0690. The lowest BCUT2D eigenvalue weighted by Crippen LogP contribution is -2.55. The molecule has 0 heterocycles. The van der Waals surface area contributed by atoms with Crippen LogP contribution < -0.4 is 5.73 Å². The molecule has 0 saturated carbocycles. The minimum absolute atomic E-state index is 0.157. The van der Waals surface area contributed by atoms with Crippen molar-refractivity contribution in [2.75, 3.05) is 0 Å². The summed E-state index contributed by atoms with van der Waals surface area (Å²) in [4.78, 5) is 12.3. The van der Waals surface area contributed by atoms with Crippen molar-refractivity contribution in [3.05, 3.63) is 0 Å². The first-order valence-electron chi connectivity index (χ1n) is 4.45. The molecule has 0 fully saturated rings. The number of amides is 1. The summed E-state index contributed by atoms with van der Waals surface area (Å²) in [6.07, 6.45) is -0.919. The monoisotopic (exact) mass is 188 g/mol. The average molecular weight is 188 g/mol. The van der Waals surface area contributed by atoms with Crippen LogP contribution in [-0.4, -0.2) is 33.7 Å². The Balaban J connectivity index is 4.72. The van der Waals surface area contributed by atoms with E-state index in [4.69, 9.17) is 10.8 Å². The minimum Gasteiger partial charge on any atom is -0.465 e. The van der Waals surface area contributed by atoms with E-state index in [1.165, 1.54) is 4.90 Å². The van der Waals surface area contributed by atoms with E-state index in [2.05, 4.69) is 0 Å². The lowest BCUT2D eigenvalue weighted by atomic mass is 10.0. The molecule has 0 saturated heterocycles. The molecule has 0 unspecified atom stereocenters. The van der Waals surface area contributed by atoms with Crippen LogP contribution in [0.3, 0.4) is 0 Å². The predicted molar refractivity (Wildman–Crippen MR) is 52.7 cm³/mol. The number of hydrogen-bond donors (Lipinski definition) is 2. The smallest absolute Gasteiger partial charge is 0.408 e. The molecule has 0 aromatic heterocycles. The number of rotatable bonds is 2. The number of hydrogen-bond acceptors (Lipinski definition) is 2. The first-order valence-corrected chi connectivity index (χ1v) is 4.45. The van der Waals surface area contributed by atoms with Crippen LogP contribution in [0.5, 0.6) is 0 Å². The summed E-state index contributed by atoms with van der Waals surface area (Å²) < 4.78 is 0. The van der Waals surface area contributed by atoms with Crippen LogP contribution in [0.15, 0.2) is 0 Å². The highest BCUT2D eigenvalue weighted by Crippen LogP contribution is 2.18. The van der Waals surface area contributed by atoms with Gasteiger partial charge in [-0.1, -0.05) is 0 Å². The van der Waals surface area contributed by atoms with Gasteiger partial charge in [0.2, 0.25) is 0 Å². The van der Waals surface area contributed by atoms with Gasteiger partial charge < -0.3 is 10.8 Å². The van der Waals surface area contributed by atoms with Crippen molar-refractivity contribution in [1.82, 2.24) is 4.90 Å². The molecule has 78 valence electrons. The Morgan fingerprint density at radius 1 is 1.38 bits per heavy atom. The largest absolute Gasteiger partial charge is 0.465 e. The van der Waals surface area contributed by atoms with E-state index in [9.17, 15) is 4.79 Å². The quantitative estimate of drug-likeness (QED) is 0.690. The van der Waals surface area contributed by atoms with E-state index in [1.807, 2.05) is 34.6 Å². The summed E-state index contributed by atoms with van der Waals surface area (Å²) in [6.45, 7) is 9.22. The molecule has 0 bridgehead atoms. The van der Waals surface area contributed by atoms with Crippen LogP contribution >= 0.6 is 0 Å². The molecule has 0 aliphatic rings. The Morgan fingerprint density at radius 2 is 1.77 bits per heavy atom. The first-order chi connectivity index (χ1) is 5.68. The lowest BCUT2D eigenvalue weighted by Gasteiger charge is -2.39. The second-order valence-corrected chi connectivity index (χ2v) is 4.42. The third kappa shape index (κ3) is 3.22. The van der Waals surface area contributed by atoms with E-state index in [0.717, 1.165) is 0 Å². The Morgan fingerprint density at radius 3 is 1.85 bits per heavy atom. The SMILES string of the molecule is C[C@H]([C@@H](C)N)N(C(=O)O)C(C)(C)C. The van der Waals surface area contributed by atoms with Crippen LogP contribution in [-0.2, 0) is 0 Å². The highest BCUT2D eigenvalue weighted by Gasteiger charge is 2.32. The van der Waals surface area contributed by atoms with E-state index < -0.39 is 11.6 Å². The molecule has 0 aromatic rings. The maximum Gasteiger partial charge on any atom is 0.408 e. The van der Waals surface area contributed by atoms with Crippen molar-refractivity contribution in [2.45, 2.75) is 52.2 Å². The average Bonchev–Trinajstić information content (AvgIpc) is 1.82. The second kappa shape index (κ2) is 3.96. The first kappa shape index (κ1) is 12.2. The van der Waals surface area contributed by atoms with Gasteiger partial charge in [0.05, 0.1) is 0 Å². The van der Waals surface area contributed by atoms with Gasteiger partial charge in [-0.2, -0.15) is 0 Å². The van der Waals surface area contributed by atoms with Gasteiger partial charge in [-0.25, -0.2) is 4.79 Å². The fourth-order valence-corrected chi connectivity index (χ4v) is 1.31. The standard InChI is InChI=1S/C9H20N2O2/c1-6(10)7(2)11(8(12)13)9(3,4)5/h6-7H,10H2,1-5H3,(H,12,13)/t6-,7-/m1/s1. The summed E-state index contributed by atoms with van der Waals surface area (Å²) in [7, 11) is 0. The second-order valence-electron chi connectivity index (χ2n) is 4.42. The van der Waals surface area contributed by atoms with E-state index in [-0.39, 0.29) is 12.1 Å². The highest BCUT2D eigenvalue weighted by molar-refractivity contribution is 5.66. The molecule has 0 spiro atoms. The summed E-state index contributed by atoms with van der Waals surface area (Å²) in [5.41, 5.74) is 5.26. The van der Waals surface area contributed by atoms with Crippen LogP contribution in [0.1, 0.15) is 34.6 Å². The Labute approximate surface area is 79.7 Å². The number of carbonyl (C=O) groups is 1. The van der Waals surface area contributed by atoms with Gasteiger partial charge in [0.15, 0.2) is 0 Å². The molecule has 2 atom stereocenters. The molecule has 3 N–H and O–H groups in total. The van der Waals surface area contributed by atoms with Crippen LogP contribution in [0.25, 0.3) is 0 Å². The van der Waals surface area contributed by atoms with Crippen molar-refractivity contribution in [2.24, 2.45) is 5.73 Å². The van der Waals surface area contributed by atoms with Crippen molar-refractivity contribution in [3.8, 4) is 0 Å². The van der Waals surface area contributed by atoms with Crippen molar-refractivity contribution in [3.63, 3.8) is 0 Å². The van der Waals surface area contributed by atoms with Gasteiger partial charge in [-0.3, -0.25) is 4.90 Å². The van der Waals surface area contributed by atoms with Gasteiger partial charge >= 0.3 is 6.09 Å². The predicted octanol–water partition coefficient (Wildman–Crippen LogP) is 1.50. The van der Waals surface area contributed by atoms with Crippen molar-refractivity contribution in [1.29, 1.82) is 0 Å². The zero-order valence-electron chi connectivity index (χ0n) is 9.03. The molecule has 0 aliphatic heterocycles. The third-order valence-electron chi connectivity index (χ3n) is 2.10. The van der Waals surface area contributed by atoms with Crippen LogP contribution in [0, 0.1) is 0 Å². The Kier molecular flexibility index (Phi) is 3.72. The van der Waals surface area contributed by atoms with Crippen molar-refractivity contribution >= 4 is 6.09 Å². The maximum atomic E-state index is 11.0. The molecular weight excluding hydrogens is 168 g/mol. The van der Waals surface area contributed by atoms with Crippen LogP contribution in [0.2, 0.25) is 0 Å². The zero-order valence-corrected chi connectivity index (χ0v) is 9.03. The van der Waals surface area contributed by atoms with Gasteiger partial charge in [-0.15, -0.1) is 0 Å². The number of nitrogens with two attached hydrogens (primary N) is 1. The molecule has 0 radical (unpaired) electrons. The van der Waals surface area contributed by atoms with Gasteiger partial charge in [-0.05, 0) is 34.6 Å². The molecule has 0 aliphatic carbocycles. The van der Waals surface area contributed by atoms with Crippen LogP contribution in [0.4, 0.5) is 4.79 Å². The molecule has 13 heavy (non-hydrogen) atoms. The molecule has 4 heteroatoms. The van der Waals surface area contributed by atoms with E-state index >= 15 is 0 Å².